The van der Waals surface area contributed by atoms with Crippen molar-refractivity contribution in [3.63, 3.8) is 0 Å². The molecule has 0 saturated heterocycles. The molecule has 0 spiro atoms. The topological polar surface area (TPSA) is 39.2 Å². The molecular formula is C14H12ClNO2. The first kappa shape index (κ1) is 12.6. The van der Waals surface area contributed by atoms with Gasteiger partial charge in [0.25, 0.3) is 0 Å². The van der Waals surface area contributed by atoms with E-state index in [-0.39, 0.29) is 0 Å². The third-order valence-electron chi connectivity index (χ3n) is 2.50. The van der Waals surface area contributed by atoms with Gasteiger partial charge in [0.15, 0.2) is 6.29 Å². The largest absolute Gasteiger partial charge is 0.492 e. The lowest BCUT2D eigenvalue weighted by atomic mass is 10.2. The van der Waals surface area contributed by atoms with Crippen LogP contribution in [-0.4, -0.2) is 17.9 Å². The SMILES string of the molecule is O=Cc1cc(Cl)ccc1OCCc1ccncc1. The van der Waals surface area contributed by atoms with Crippen molar-refractivity contribution < 1.29 is 9.53 Å². The lowest BCUT2D eigenvalue weighted by molar-refractivity contribution is 0.111. The van der Waals surface area contributed by atoms with Gasteiger partial charge in [-0.2, -0.15) is 0 Å². The molecule has 92 valence electrons. The van der Waals surface area contributed by atoms with Crippen LogP contribution in [0.2, 0.25) is 5.02 Å². The minimum atomic E-state index is 0.470. The first-order valence-electron chi connectivity index (χ1n) is 5.56. The van der Waals surface area contributed by atoms with E-state index in [1.807, 2.05) is 12.1 Å². The first-order valence-corrected chi connectivity index (χ1v) is 5.94. The van der Waals surface area contributed by atoms with Gasteiger partial charge in [-0.3, -0.25) is 9.78 Å². The fraction of sp³-hybridized carbons (Fsp3) is 0.143. The summed E-state index contributed by atoms with van der Waals surface area (Å²) in [7, 11) is 0. The van der Waals surface area contributed by atoms with Crippen LogP contribution in [0.1, 0.15) is 15.9 Å². The number of pyridine rings is 1. The molecule has 0 bridgehead atoms. The van der Waals surface area contributed by atoms with Crippen molar-refractivity contribution in [1.29, 1.82) is 0 Å². The molecule has 3 nitrogen and oxygen atoms in total. The van der Waals surface area contributed by atoms with Crippen LogP contribution in [-0.2, 0) is 6.42 Å². The Morgan fingerprint density at radius 1 is 1.22 bits per heavy atom. The number of ether oxygens (including phenoxy) is 1. The van der Waals surface area contributed by atoms with E-state index in [2.05, 4.69) is 4.98 Å². The third kappa shape index (κ3) is 3.31. The minimum Gasteiger partial charge on any atom is -0.492 e. The Kier molecular flexibility index (Phi) is 4.31. The van der Waals surface area contributed by atoms with E-state index in [0.29, 0.717) is 22.9 Å². The van der Waals surface area contributed by atoms with Crippen molar-refractivity contribution in [1.82, 2.24) is 4.98 Å². The molecule has 0 aliphatic heterocycles. The van der Waals surface area contributed by atoms with Gasteiger partial charge in [0.1, 0.15) is 5.75 Å². The molecule has 18 heavy (non-hydrogen) atoms. The van der Waals surface area contributed by atoms with Gasteiger partial charge in [-0.15, -0.1) is 0 Å². The second-order valence-corrected chi connectivity index (χ2v) is 4.19. The molecule has 0 aliphatic carbocycles. The zero-order valence-electron chi connectivity index (χ0n) is 9.67. The normalized spacial score (nSPS) is 10.1. The van der Waals surface area contributed by atoms with Crippen molar-refractivity contribution in [3.8, 4) is 5.75 Å². The van der Waals surface area contributed by atoms with Crippen LogP contribution in [0.15, 0.2) is 42.7 Å². The third-order valence-corrected chi connectivity index (χ3v) is 2.73. The number of aromatic nitrogens is 1. The van der Waals surface area contributed by atoms with Crippen LogP contribution in [0.5, 0.6) is 5.75 Å². The van der Waals surface area contributed by atoms with Gasteiger partial charge in [-0.05, 0) is 35.9 Å². The Hall–Kier alpha value is -1.87. The highest BCUT2D eigenvalue weighted by molar-refractivity contribution is 6.30. The van der Waals surface area contributed by atoms with E-state index in [9.17, 15) is 4.79 Å². The van der Waals surface area contributed by atoms with Gasteiger partial charge in [-0.25, -0.2) is 0 Å². The van der Waals surface area contributed by atoms with E-state index in [1.54, 1.807) is 30.6 Å². The van der Waals surface area contributed by atoms with Gasteiger partial charge in [0.2, 0.25) is 0 Å². The van der Waals surface area contributed by atoms with Gasteiger partial charge >= 0.3 is 0 Å². The summed E-state index contributed by atoms with van der Waals surface area (Å²) in [5.41, 5.74) is 1.61. The number of rotatable bonds is 5. The van der Waals surface area contributed by atoms with Crippen LogP contribution in [0, 0.1) is 0 Å². The second-order valence-electron chi connectivity index (χ2n) is 3.75. The van der Waals surface area contributed by atoms with E-state index in [4.69, 9.17) is 16.3 Å². The van der Waals surface area contributed by atoms with E-state index >= 15 is 0 Å². The number of nitrogens with zero attached hydrogens (tertiary/aromatic N) is 1. The zero-order chi connectivity index (χ0) is 12.8. The molecule has 2 rings (SSSR count). The molecule has 0 aliphatic rings. The van der Waals surface area contributed by atoms with Gasteiger partial charge in [0.05, 0.1) is 12.2 Å². The highest BCUT2D eigenvalue weighted by atomic mass is 35.5. The fourth-order valence-corrected chi connectivity index (χ4v) is 1.75. The maximum Gasteiger partial charge on any atom is 0.153 e. The van der Waals surface area contributed by atoms with Crippen LogP contribution in [0.3, 0.4) is 0 Å². The fourth-order valence-electron chi connectivity index (χ4n) is 1.57. The maximum absolute atomic E-state index is 10.9. The zero-order valence-corrected chi connectivity index (χ0v) is 10.4. The van der Waals surface area contributed by atoms with Crippen molar-refractivity contribution in [2.45, 2.75) is 6.42 Å². The molecule has 1 aromatic carbocycles. The van der Waals surface area contributed by atoms with Gasteiger partial charge in [-0.1, -0.05) is 11.6 Å². The Morgan fingerprint density at radius 3 is 2.72 bits per heavy atom. The standard InChI is InChI=1S/C14H12ClNO2/c15-13-1-2-14(12(9-13)10-17)18-8-5-11-3-6-16-7-4-11/h1-4,6-7,9-10H,5,8H2. The van der Waals surface area contributed by atoms with Crippen LogP contribution < -0.4 is 4.74 Å². The summed E-state index contributed by atoms with van der Waals surface area (Å²) in [5.74, 6) is 0.559. The predicted octanol–water partition coefficient (Wildman–Crippen LogP) is 3.17. The number of carbonyl (C=O) groups is 1. The quantitative estimate of drug-likeness (QED) is 0.776. The average molecular weight is 262 g/mol. The van der Waals surface area contributed by atoms with E-state index in [0.717, 1.165) is 18.3 Å². The molecule has 1 aromatic heterocycles. The molecule has 2 aromatic rings. The smallest absolute Gasteiger partial charge is 0.153 e. The summed E-state index contributed by atoms with van der Waals surface area (Å²) in [5, 5.41) is 0.526. The molecule has 0 unspecified atom stereocenters. The van der Waals surface area contributed by atoms with Gasteiger partial charge in [0, 0.05) is 23.8 Å². The van der Waals surface area contributed by atoms with Crippen LogP contribution in [0.4, 0.5) is 0 Å². The summed E-state index contributed by atoms with van der Waals surface area (Å²) in [6.45, 7) is 0.506. The van der Waals surface area contributed by atoms with Crippen molar-refractivity contribution >= 4 is 17.9 Å². The molecule has 0 amide bonds. The number of benzene rings is 1. The van der Waals surface area contributed by atoms with Crippen LogP contribution in [0.25, 0.3) is 0 Å². The average Bonchev–Trinajstić information content (AvgIpc) is 2.41. The predicted molar refractivity (Wildman–Crippen MR) is 70.3 cm³/mol. The summed E-state index contributed by atoms with van der Waals surface area (Å²) in [4.78, 5) is 14.8. The molecule has 0 fully saturated rings. The molecule has 1 heterocycles. The molecule has 0 saturated carbocycles. The van der Waals surface area contributed by atoms with Crippen molar-refractivity contribution in [2.24, 2.45) is 0 Å². The van der Waals surface area contributed by atoms with Crippen LogP contribution >= 0.6 is 11.6 Å². The minimum absolute atomic E-state index is 0.470. The maximum atomic E-state index is 10.9. The number of hydrogen-bond acceptors (Lipinski definition) is 3. The Labute approximate surface area is 110 Å². The summed E-state index contributed by atoms with van der Waals surface area (Å²) < 4.78 is 5.58. The van der Waals surface area contributed by atoms with E-state index in [1.165, 1.54) is 0 Å². The molecular weight excluding hydrogens is 250 g/mol. The number of carbonyl (C=O) groups excluding carboxylic acids is 1. The van der Waals surface area contributed by atoms with Gasteiger partial charge < -0.3 is 4.74 Å². The first-order chi connectivity index (χ1) is 8.79. The molecule has 0 radical (unpaired) electrons. The highest BCUT2D eigenvalue weighted by Crippen LogP contribution is 2.21. The highest BCUT2D eigenvalue weighted by Gasteiger charge is 2.03. The lowest BCUT2D eigenvalue weighted by Crippen LogP contribution is -2.03. The molecule has 0 atom stereocenters. The Balaban J connectivity index is 1.96. The number of aldehydes is 1. The monoisotopic (exact) mass is 261 g/mol. The Morgan fingerprint density at radius 2 is 2.00 bits per heavy atom. The van der Waals surface area contributed by atoms with Crippen molar-refractivity contribution in [3.05, 3.63) is 58.9 Å². The number of hydrogen-bond donors (Lipinski definition) is 0. The lowest BCUT2D eigenvalue weighted by Gasteiger charge is -2.08. The van der Waals surface area contributed by atoms with Crippen molar-refractivity contribution in [2.75, 3.05) is 6.61 Å². The van der Waals surface area contributed by atoms with E-state index < -0.39 is 0 Å². The molecule has 4 heteroatoms. The molecule has 0 N–H and O–H groups in total. The Bertz CT molecular complexity index is 529. The summed E-state index contributed by atoms with van der Waals surface area (Å²) in [6.07, 6.45) is 5.00. The second kappa shape index (κ2) is 6.17. The summed E-state index contributed by atoms with van der Waals surface area (Å²) in [6, 6.07) is 8.88. The number of halogens is 1. The summed E-state index contributed by atoms with van der Waals surface area (Å²) >= 11 is 5.80.